The summed E-state index contributed by atoms with van der Waals surface area (Å²) in [5.74, 6) is 4.69. The SMILES string of the molecule is C(#Cc1ccc(N2CCN3CCC2CC3)nn1)c1ccccc1.O=C(O)/C=C/C(=O)O. The Hall–Kier alpha value is -3.70. The van der Waals surface area contributed by atoms with Gasteiger partial charge in [-0.1, -0.05) is 24.1 Å². The minimum absolute atomic E-state index is 0.558. The van der Waals surface area contributed by atoms with Gasteiger partial charge >= 0.3 is 11.9 Å². The molecule has 1 aromatic heterocycles. The third-order valence-electron chi connectivity index (χ3n) is 5.08. The van der Waals surface area contributed by atoms with Crippen molar-refractivity contribution in [2.24, 2.45) is 0 Å². The fourth-order valence-corrected chi connectivity index (χ4v) is 3.53. The van der Waals surface area contributed by atoms with Crippen LogP contribution in [0.2, 0.25) is 0 Å². The lowest BCUT2D eigenvalue weighted by Gasteiger charge is -2.31. The zero-order valence-corrected chi connectivity index (χ0v) is 17.0. The van der Waals surface area contributed by atoms with Crippen LogP contribution in [0.4, 0.5) is 5.82 Å². The first kappa shape index (κ1) is 22.0. The van der Waals surface area contributed by atoms with Crippen molar-refractivity contribution in [2.45, 2.75) is 18.9 Å². The Morgan fingerprint density at radius 2 is 1.55 bits per heavy atom. The zero-order chi connectivity index (χ0) is 22.1. The number of nitrogens with zero attached hydrogens (tertiary/aromatic N) is 4. The van der Waals surface area contributed by atoms with E-state index in [9.17, 15) is 9.59 Å². The maximum absolute atomic E-state index is 9.55. The number of anilines is 1. The molecule has 8 nitrogen and oxygen atoms in total. The number of fused-ring (bicyclic) bond motifs is 4. The fraction of sp³-hybridized carbons (Fsp3) is 0.304. The molecule has 3 fully saturated rings. The number of benzene rings is 1. The van der Waals surface area contributed by atoms with Crippen LogP contribution in [0.1, 0.15) is 24.1 Å². The van der Waals surface area contributed by atoms with Gasteiger partial charge in [-0.15, -0.1) is 10.2 Å². The molecule has 2 aromatic rings. The molecule has 3 aliphatic heterocycles. The minimum atomic E-state index is -1.26. The van der Waals surface area contributed by atoms with E-state index in [2.05, 4.69) is 37.9 Å². The lowest BCUT2D eigenvalue weighted by atomic mass is 10.1. The molecule has 4 heterocycles. The van der Waals surface area contributed by atoms with Gasteiger partial charge in [-0.3, -0.25) is 0 Å². The van der Waals surface area contributed by atoms with E-state index in [1.165, 1.54) is 25.9 Å². The summed E-state index contributed by atoms with van der Waals surface area (Å²) in [6.07, 6.45) is 3.58. The zero-order valence-electron chi connectivity index (χ0n) is 17.0. The molecule has 0 atom stereocenters. The Bertz CT molecular complexity index is 956. The second-order valence-corrected chi connectivity index (χ2v) is 7.17. The summed E-state index contributed by atoms with van der Waals surface area (Å²) >= 11 is 0. The Labute approximate surface area is 180 Å². The van der Waals surface area contributed by atoms with Crippen molar-refractivity contribution in [2.75, 3.05) is 31.1 Å². The Kier molecular flexibility index (Phi) is 7.73. The van der Waals surface area contributed by atoms with E-state index in [1.807, 2.05) is 36.4 Å². The predicted octanol–water partition coefficient (Wildman–Crippen LogP) is 1.87. The second kappa shape index (κ2) is 10.9. The predicted molar refractivity (Wildman–Crippen MR) is 116 cm³/mol. The van der Waals surface area contributed by atoms with Crippen molar-refractivity contribution in [3.8, 4) is 11.8 Å². The van der Waals surface area contributed by atoms with Gasteiger partial charge in [-0.2, -0.15) is 0 Å². The number of carbonyl (C=O) groups is 2. The summed E-state index contributed by atoms with van der Waals surface area (Å²) in [5, 5.41) is 24.4. The van der Waals surface area contributed by atoms with E-state index in [-0.39, 0.29) is 0 Å². The van der Waals surface area contributed by atoms with Crippen LogP contribution >= 0.6 is 0 Å². The van der Waals surface area contributed by atoms with Crippen molar-refractivity contribution >= 4 is 17.8 Å². The topological polar surface area (TPSA) is 107 Å². The van der Waals surface area contributed by atoms with Gasteiger partial charge in [0.05, 0.1) is 0 Å². The average Bonchev–Trinajstić information content (AvgIpc) is 3.12. The van der Waals surface area contributed by atoms with Gasteiger partial charge in [0.25, 0.3) is 0 Å². The third-order valence-corrected chi connectivity index (χ3v) is 5.08. The van der Waals surface area contributed by atoms with Gasteiger partial charge in [0, 0.05) is 49.9 Å². The summed E-state index contributed by atoms with van der Waals surface area (Å²) in [5.41, 5.74) is 1.72. The molecule has 0 radical (unpaired) electrons. The molecule has 0 spiro atoms. The number of carboxylic acids is 2. The summed E-state index contributed by atoms with van der Waals surface area (Å²) < 4.78 is 0. The van der Waals surface area contributed by atoms with Crippen LogP contribution in [-0.2, 0) is 9.59 Å². The quantitative estimate of drug-likeness (QED) is 0.573. The van der Waals surface area contributed by atoms with Crippen LogP contribution in [0, 0.1) is 11.8 Å². The number of piperidine rings is 1. The largest absolute Gasteiger partial charge is 0.478 e. The average molecular weight is 420 g/mol. The molecule has 3 aliphatic rings. The fourth-order valence-electron chi connectivity index (χ4n) is 3.53. The minimum Gasteiger partial charge on any atom is -0.478 e. The second-order valence-electron chi connectivity index (χ2n) is 7.17. The number of hydrogen-bond acceptors (Lipinski definition) is 6. The van der Waals surface area contributed by atoms with Gasteiger partial charge in [0.15, 0.2) is 5.82 Å². The number of carboxylic acid groups (broad SMARTS) is 2. The van der Waals surface area contributed by atoms with Crippen LogP contribution in [0.5, 0.6) is 0 Å². The van der Waals surface area contributed by atoms with Crippen molar-refractivity contribution in [3.05, 3.63) is 65.9 Å². The van der Waals surface area contributed by atoms with Crippen LogP contribution in [0.25, 0.3) is 0 Å². The summed E-state index contributed by atoms with van der Waals surface area (Å²) in [7, 11) is 0. The highest BCUT2D eigenvalue weighted by atomic mass is 16.4. The van der Waals surface area contributed by atoms with Crippen molar-refractivity contribution in [1.82, 2.24) is 15.1 Å². The Morgan fingerprint density at radius 1 is 0.871 bits per heavy atom. The first-order valence-corrected chi connectivity index (χ1v) is 10.0. The summed E-state index contributed by atoms with van der Waals surface area (Å²) in [6, 6.07) is 14.6. The lowest BCUT2D eigenvalue weighted by Crippen LogP contribution is -2.38. The van der Waals surface area contributed by atoms with Gasteiger partial charge in [0.1, 0.15) is 5.69 Å². The maximum Gasteiger partial charge on any atom is 0.328 e. The molecule has 3 saturated heterocycles. The highest BCUT2D eigenvalue weighted by Crippen LogP contribution is 2.24. The molecular weight excluding hydrogens is 396 g/mol. The molecule has 2 N–H and O–H groups in total. The molecule has 0 unspecified atom stereocenters. The van der Waals surface area contributed by atoms with E-state index >= 15 is 0 Å². The molecule has 5 rings (SSSR count). The van der Waals surface area contributed by atoms with Gasteiger partial charge in [0.2, 0.25) is 0 Å². The van der Waals surface area contributed by atoms with E-state index in [4.69, 9.17) is 10.2 Å². The van der Waals surface area contributed by atoms with Crippen LogP contribution < -0.4 is 4.90 Å². The number of aromatic nitrogens is 2. The third kappa shape index (κ3) is 6.94. The number of aliphatic carboxylic acids is 2. The van der Waals surface area contributed by atoms with E-state index in [0.717, 1.165) is 30.2 Å². The van der Waals surface area contributed by atoms with Crippen LogP contribution in [0.15, 0.2) is 54.6 Å². The Morgan fingerprint density at radius 3 is 2.13 bits per heavy atom. The molecule has 160 valence electrons. The van der Waals surface area contributed by atoms with E-state index in [1.54, 1.807) is 0 Å². The molecule has 31 heavy (non-hydrogen) atoms. The van der Waals surface area contributed by atoms with Gasteiger partial charge in [-0.05, 0) is 43.0 Å². The monoisotopic (exact) mass is 420 g/mol. The van der Waals surface area contributed by atoms with Gasteiger partial charge < -0.3 is 20.0 Å². The molecule has 1 aromatic carbocycles. The first-order valence-electron chi connectivity index (χ1n) is 10.0. The van der Waals surface area contributed by atoms with Crippen molar-refractivity contribution in [1.29, 1.82) is 0 Å². The van der Waals surface area contributed by atoms with Crippen LogP contribution in [-0.4, -0.2) is 69.5 Å². The Balaban J connectivity index is 0.000000293. The normalized spacial score (nSPS) is 19.5. The standard InChI is InChI=1S/C19H20N4.C4H4O4/c1-2-4-16(5-3-1)6-7-17-8-9-19(21-20-17)23-15-14-22-12-10-18(23)11-13-22;5-3(6)1-2-4(7)8/h1-5,8-9,18H,10-15H2;1-2H,(H,5,6)(H,7,8)/b;2-1+. The van der Waals surface area contributed by atoms with Crippen molar-refractivity contribution < 1.29 is 19.8 Å². The first-order chi connectivity index (χ1) is 15.0. The molecule has 2 bridgehead atoms. The van der Waals surface area contributed by atoms with Crippen LogP contribution in [0.3, 0.4) is 0 Å². The number of rotatable bonds is 3. The highest BCUT2D eigenvalue weighted by molar-refractivity contribution is 5.89. The van der Waals surface area contributed by atoms with E-state index < -0.39 is 11.9 Å². The molecular formula is C23H24N4O4. The summed E-state index contributed by atoms with van der Waals surface area (Å²) in [4.78, 5) is 24.1. The highest BCUT2D eigenvalue weighted by Gasteiger charge is 2.29. The molecule has 0 saturated carbocycles. The maximum atomic E-state index is 9.55. The summed E-state index contributed by atoms with van der Waals surface area (Å²) in [6.45, 7) is 4.62. The van der Waals surface area contributed by atoms with Crippen molar-refractivity contribution in [3.63, 3.8) is 0 Å². The molecule has 8 heteroatoms. The smallest absolute Gasteiger partial charge is 0.328 e. The van der Waals surface area contributed by atoms with E-state index in [0.29, 0.717) is 18.2 Å². The van der Waals surface area contributed by atoms with Gasteiger partial charge in [-0.25, -0.2) is 9.59 Å². The number of hydrogen-bond donors (Lipinski definition) is 2. The molecule has 0 amide bonds. The molecule has 0 aliphatic carbocycles. The lowest BCUT2D eigenvalue weighted by molar-refractivity contribution is -0.134.